The molecule has 10 nitrogen and oxygen atoms in total. The number of piperidine rings is 1. The maximum Gasteiger partial charge on any atom is 1.00 e. The Labute approximate surface area is 250 Å². The number of nitrogens with zero attached hydrogens (tertiary/aromatic N) is 3. The minimum Gasteiger partial charge on any atom is -0.662 e. The molecule has 1 saturated heterocycles. The Bertz CT molecular complexity index is 872. The molecule has 35 heavy (non-hydrogen) atoms. The van der Waals surface area contributed by atoms with Crippen LogP contribution in [0.4, 0.5) is 9.59 Å². The van der Waals surface area contributed by atoms with Gasteiger partial charge in [0.25, 0.3) is 0 Å². The van der Waals surface area contributed by atoms with Crippen molar-refractivity contribution in [1.82, 2.24) is 10.1 Å². The summed E-state index contributed by atoms with van der Waals surface area (Å²) in [7, 11) is 0. The maximum atomic E-state index is 10.0. The van der Waals surface area contributed by atoms with Gasteiger partial charge in [0.2, 0.25) is 17.8 Å². The zero-order valence-electron chi connectivity index (χ0n) is 22.2. The summed E-state index contributed by atoms with van der Waals surface area (Å²) in [6, 6.07) is 8.16. The van der Waals surface area contributed by atoms with E-state index in [0.717, 1.165) is 37.4 Å². The number of hydrogen-bond donors (Lipinski definition) is 1. The second-order valence-electron chi connectivity index (χ2n) is 9.83. The van der Waals surface area contributed by atoms with Crippen molar-refractivity contribution in [2.45, 2.75) is 78.4 Å². The molecule has 0 unspecified atom stereocenters. The molecule has 1 aliphatic heterocycles. The number of rotatable bonds is 2. The van der Waals surface area contributed by atoms with E-state index in [2.05, 4.69) is 44.0 Å². The summed E-state index contributed by atoms with van der Waals surface area (Å²) in [4.78, 5) is 24.4. The zero-order chi connectivity index (χ0) is 25.9. The molecule has 11 heteroatoms. The predicted molar refractivity (Wildman–Crippen MR) is 131 cm³/mol. The Hall–Kier alpha value is -1.50. The number of aromatic nitrogens is 2. The molecule has 2 heterocycles. The van der Waals surface area contributed by atoms with Gasteiger partial charge in [-0.2, -0.15) is 4.98 Å². The van der Waals surface area contributed by atoms with E-state index in [1.54, 1.807) is 41.5 Å². The number of benzene rings is 1. The number of carbonyl (C=O) groups is 2. The van der Waals surface area contributed by atoms with E-state index < -0.39 is 23.4 Å². The summed E-state index contributed by atoms with van der Waals surface area (Å²) in [5.74, 6) is 1.72. The first-order valence-corrected chi connectivity index (χ1v) is 11.1. The third-order valence-electron chi connectivity index (χ3n) is 4.12. The minimum atomic E-state index is -0.975. The Balaban J connectivity index is 0.000000576. The van der Waals surface area contributed by atoms with Gasteiger partial charge >= 0.3 is 57.5 Å². The molecule has 3 N–H and O–H groups in total. The van der Waals surface area contributed by atoms with Gasteiger partial charge in [-0.25, -0.2) is 4.79 Å². The van der Waals surface area contributed by atoms with Crippen molar-refractivity contribution >= 4 is 12.2 Å². The van der Waals surface area contributed by atoms with E-state index in [0.29, 0.717) is 11.7 Å². The molecule has 1 aliphatic rings. The molecule has 1 fully saturated rings. The fraction of sp³-hybridized carbons (Fsp3) is 0.583. The number of amides is 2. The third-order valence-corrected chi connectivity index (χ3v) is 4.12. The van der Waals surface area contributed by atoms with E-state index in [1.807, 2.05) is 12.1 Å². The second kappa shape index (κ2) is 15.6. The molecule has 190 valence electrons. The van der Waals surface area contributed by atoms with Crippen molar-refractivity contribution in [3.63, 3.8) is 0 Å². The number of hydrogen-bond acceptors (Lipinski definition) is 7. The Morgan fingerprint density at radius 2 is 1.66 bits per heavy atom. The first kappa shape index (κ1) is 33.5. The van der Waals surface area contributed by atoms with Crippen LogP contribution in [0, 0.1) is 6.92 Å². The van der Waals surface area contributed by atoms with Crippen molar-refractivity contribution in [2.75, 3.05) is 13.1 Å². The predicted octanol–water partition coefficient (Wildman–Crippen LogP) is 3.15. The topological polar surface area (TPSA) is 155 Å². The van der Waals surface area contributed by atoms with E-state index >= 15 is 0 Å². The van der Waals surface area contributed by atoms with Gasteiger partial charge in [-0.05, 0) is 54.9 Å². The molecule has 0 spiro atoms. The van der Waals surface area contributed by atoms with Crippen molar-refractivity contribution in [3.8, 4) is 11.4 Å². The summed E-state index contributed by atoms with van der Waals surface area (Å²) in [5.41, 5.74) is 12.4. The Morgan fingerprint density at radius 1 is 1.09 bits per heavy atom. The number of aryl methyl sites for hydroxylation is 1. The van der Waals surface area contributed by atoms with Crippen LogP contribution in [0.15, 0.2) is 28.8 Å². The van der Waals surface area contributed by atoms with Gasteiger partial charge in [0.15, 0.2) is 0 Å². The molecule has 0 aliphatic carbocycles. The van der Waals surface area contributed by atoms with Crippen molar-refractivity contribution in [2.24, 2.45) is 5.73 Å². The van der Waals surface area contributed by atoms with Crippen LogP contribution in [-0.4, -0.2) is 46.6 Å². The Morgan fingerprint density at radius 3 is 2.03 bits per heavy atom. The largest absolute Gasteiger partial charge is 1.00 e. The molecule has 3 rings (SSSR count). The van der Waals surface area contributed by atoms with E-state index in [1.165, 1.54) is 5.56 Å². The van der Waals surface area contributed by atoms with Crippen LogP contribution >= 0.6 is 0 Å². The van der Waals surface area contributed by atoms with Crippen LogP contribution in [-0.2, 0) is 9.47 Å². The number of nitrogens with two attached hydrogens (primary N) is 1. The van der Waals surface area contributed by atoms with Gasteiger partial charge in [0.05, 0.1) is 0 Å². The fourth-order valence-corrected chi connectivity index (χ4v) is 2.79. The molecular weight excluding hydrogens is 477 g/mol. The van der Waals surface area contributed by atoms with Gasteiger partial charge < -0.3 is 30.8 Å². The van der Waals surface area contributed by atoms with Gasteiger partial charge in [-0.15, -0.1) is 13.1 Å². The molecule has 1 aromatic heterocycles. The van der Waals surface area contributed by atoms with Crippen molar-refractivity contribution in [1.29, 1.82) is 0 Å². The SMILES string of the molecule is CC(C)(C)OC(N)=O.CC(C)(C)OC([NH-])=O.Cc1ccc(-c2noc([C@@H]3CCC[N-]C3)n2)cc1.[K+]. The molecule has 2 aromatic rings. The second-order valence-corrected chi connectivity index (χ2v) is 9.83. The summed E-state index contributed by atoms with van der Waals surface area (Å²) >= 11 is 0. The summed E-state index contributed by atoms with van der Waals surface area (Å²) in [6.07, 6.45) is 0.515. The quantitative estimate of drug-likeness (QED) is 0.603. The molecule has 2 amide bonds. The number of primary amides is 1. The first-order chi connectivity index (χ1) is 15.7. The van der Waals surface area contributed by atoms with Crippen molar-refractivity contribution in [3.05, 3.63) is 46.8 Å². The standard InChI is InChI=1S/C14H16N3O.2C5H11NO2.K/c1-10-4-6-11(7-5-10)13-16-14(18-17-13)12-3-2-8-15-9-12;2*1-5(2,3)8-4(6)7;/h4-7,12H,2-3,8-9H2,1H3;2*1-3H3,(H2,6,7);/q-1;;;+1/p-1/t12-;;;/m1.../s1. The van der Waals surface area contributed by atoms with Crippen LogP contribution in [0.2, 0.25) is 0 Å². The number of carbonyl (C=O) groups excluding carboxylic acids is 2. The molecule has 0 bridgehead atoms. The van der Waals surface area contributed by atoms with Crippen LogP contribution in [0.5, 0.6) is 0 Å². The first-order valence-electron chi connectivity index (χ1n) is 11.1. The fourth-order valence-electron chi connectivity index (χ4n) is 2.79. The van der Waals surface area contributed by atoms with E-state index in [4.69, 9.17) is 16.0 Å². The van der Waals surface area contributed by atoms with Crippen LogP contribution in [0.3, 0.4) is 0 Å². The van der Waals surface area contributed by atoms with Crippen LogP contribution in [0.1, 0.15) is 71.8 Å². The van der Waals surface area contributed by atoms with Gasteiger partial charge in [0.1, 0.15) is 11.2 Å². The number of ether oxygens (including phenoxy) is 2. The van der Waals surface area contributed by atoms with Crippen LogP contribution in [0.25, 0.3) is 22.4 Å². The molecule has 0 saturated carbocycles. The summed E-state index contributed by atoms with van der Waals surface area (Å²) in [5, 5.41) is 8.46. The maximum absolute atomic E-state index is 10.0. The zero-order valence-corrected chi connectivity index (χ0v) is 25.3. The molecule has 1 atom stereocenters. The molecular formula is C24H37KN5O5-. The molecule has 1 aromatic carbocycles. The van der Waals surface area contributed by atoms with Crippen LogP contribution < -0.4 is 57.1 Å². The van der Waals surface area contributed by atoms with E-state index in [9.17, 15) is 9.59 Å². The average Bonchev–Trinajstić information content (AvgIpc) is 3.16. The molecule has 0 radical (unpaired) electrons. The summed E-state index contributed by atoms with van der Waals surface area (Å²) < 4.78 is 14.4. The summed E-state index contributed by atoms with van der Waals surface area (Å²) in [6.45, 7) is 14.3. The van der Waals surface area contributed by atoms with Gasteiger partial charge in [0, 0.05) is 11.5 Å². The number of nitrogens with one attached hydrogen (secondary N) is 1. The Kier molecular flexibility index (Phi) is 14.9. The normalized spacial score (nSPS) is 15.2. The van der Waals surface area contributed by atoms with Gasteiger partial charge in [-0.1, -0.05) is 41.4 Å². The van der Waals surface area contributed by atoms with Gasteiger partial charge in [-0.3, -0.25) is 4.79 Å². The average molecular weight is 515 g/mol. The smallest absolute Gasteiger partial charge is 0.662 e. The van der Waals surface area contributed by atoms with E-state index in [-0.39, 0.29) is 51.4 Å². The monoisotopic (exact) mass is 514 g/mol. The minimum absolute atomic E-state index is 0. The third kappa shape index (κ3) is 16.0. The van der Waals surface area contributed by atoms with Crippen molar-refractivity contribution < 1.29 is 75.0 Å².